The first-order valence-corrected chi connectivity index (χ1v) is 12.5. The van der Waals surface area contributed by atoms with Crippen LogP contribution in [-0.2, 0) is 17.8 Å². The third kappa shape index (κ3) is 3.34. The van der Waals surface area contributed by atoms with E-state index in [4.69, 9.17) is 4.74 Å². The highest BCUT2D eigenvalue weighted by Gasteiger charge is 2.58. The van der Waals surface area contributed by atoms with Crippen molar-refractivity contribution >= 4 is 28.4 Å². The lowest BCUT2D eigenvalue weighted by molar-refractivity contribution is -0.129. The Labute approximate surface area is 187 Å². The Balaban J connectivity index is 1.37. The first kappa shape index (κ1) is 19.6. The highest BCUT2D eigenvalue weighted by Crippen LogP contribution is 2.61. The molecule has 2 nitrogen and oxygen atoms in total. The average Bonchev–Trinajstić information content (AvgIpc) is 3.03. The van der Waals surface area contributed by atoms with E-state index in [2.05, 4.69) is 72.0 Å². The normalized spacial score (nSPS) is 33.0. The topological polar surface area (TPSA) is 26.3 Å². The lowest BCUT2D eigenvalue weighted by Crippen LogP contribution is -2.44. The maximum atomic E-state index is 12.8. The molecule has 0 aliphatic heterocycles. The molecular formula is C26H29IO2. The molecule has 0 spiro atoms. The summed E-state index contributed by atoms with van der Waals surface area (Å²) in [5.74, 6) is 3.97. The van der Waals surface area contributed by atoms with Crippen LogP contribution in [0.1, 0.15) is 55.2 Å². The van der Waals surface area contributed by atoms with Gasteiger partial charge in [0.1, 0.15) is 18.1 Å². The summed E-state index contributed by atoms with van der Waals surface area (Å²) in [4.78, 5) is 12.8. The zero-order chi connectivity index (χ0) is 20.0. The second-order valence-electron chi connectivity index (χ2n) is 9.47. The number of rotatable bonds is 4. The Bertz CT molecular complexity index is 908. The van der Waals surface area contributed by atoms with Crippen LogP contribution in [0.25, 0.3) is 0 Å². The van der Waals surface area contributed by atoms with E-state index in [9.17, 15) is 4.79 Å². The molecule has 0 bridgehead atoms. The van der Waals surface area contributed by atoms with Crippen LogP contribution in [0.5, 0.6) is 5.75 Å². The number of ketones is 1. The summed E-state index contributed by atoms with van der Waals surface area (Å²) in [7, 11) is 0. The Morgan fingerprint density at radius 3 is 2.76 bits per heavy atom. The summed E-state index contributed by atoms with van der Waals surface area (Å²) in [5.41, 5.74) is 4.14. The maximum Gasteiger partial charge on any atom is 0.139 e. The van der Waals surface area contributed by atoms with E-state index in [0.717, 1.165) is 35.9 Å². The van der Waals surface area contributed by atoms with E-state index in [0.29, 0.717) is 36.1 Å². The fourth-order valence-corrected chi connectivity index (χ4v) is 7.44. The van der Waals surface area contributed by atoms with Crippen LogP contribution in [-0.4, -0.2) is 10.2 Å². The molecule has 3 heteroatoms. The van der Waals surface area contributed by atoms with Gasteiger partial charge in [0, 0.05) is 16.3 Å². The second-order valence-corrected chi connectivity index (χ2v) is 10.3. The molecule has 5 rings (SSSR count). The van der Waals surface area contributed by atoms with E-state index >= 15 is 0 Å². The minimum atomic E-state index is -0.0623. The molecule has 5 atom stereocenters. The number of alkyl halides is 1. The molecule has 0 heterocycles. The van der Waals surface area contributed by atoms with Crippen molar-refractivity contribution in [1.29, 1.82) is 0 Å². The summed E-state index contributed by atoms with van der Waals surface area (Å²) in [5, 5.41) is 0. The van der Waals surface area contributed by atoms with Gasteiger partial charge in [-0.05, 0) is 78.2 Å². The van der Waals surface area contributed by atoms with Crippen LogP contribution >= 0.6 is 22.6 Å². The first-order valence-electron chi connectivity index (χ1n) is 11.0. The summed E-state index contributed by atoms with van der Waals surface area (Å²) in [6.07, 6.45) is 5.38. The van der Waals surface area contributed by atoms with E-state index in [1.165, 1.54) is 23.1 Å². The monoisotopic (exact) mass is 500 g/mol. The maximum absolute atomic E-state index is 12.8. The number of hydrogen-bond donors (Lipinski definition) is 0. The molecule has 3 aliphatic rings. The van der Waals surface area contributed by atoms with Crippen molar-refractivity contribution in [2.24, 2.45) is 23.2 Å². The predicted octanol–water partition coefficient (Wildman–Crippen LogP) is 6.35. The number of Topliss-reactive ketones (excluding diaryl/α,β-unsaturated/α-hetero) is 1. The van der Waals surface area contributed by atoms with Gasteiger partial charge in [-0.1, -0.05) is 65.9 Å². The van der Waals surface area contributed by atoms with Crippen molar-refractivity contribution in [3.05, 3.63) is 65.2 Å². The quantitative estimate of drug-likeness (QED) is 0.361. The number of carbonyl (C=O) groups is 1. The van der Waals surface area contributed by atoms with Crippen molar-refractivity contribution in [2.45, 2.75) is 51.6 Å². The molecule has 0 N–H and O–H groups in total. The van der Waals surface area contributed by atoms with Crippen molar-refractivity contribution in [3.63, 3.8) is 0 Å². The molecule has 3 aliphatic carbocycles. The van der Waals surface area contributed by atoms with Gasteiger partial charge in [-0.15, -0.1) is 0 Å². The van der Waals surface area contributed by atoms with Crippen molar-refractivity contribution in [1.82, 2.24) is 0 Å². The molecule has 152 valence electrons. The number of aryl methyl sites for hydroxylation is 1. The summed E-state index contributed by atoms with van der Waals surface area (Å²) >= 11 is 2.51. The minimum absolute atomic E-state index is 0.0623. The van der Waals surface area contributed by atoms with Gasteiger partial charge in [-0.3, -0.25) is 4.79 Å². The van der Waals surface area contributed by atoms with Crippen molar-refractivity contribution in [2.75, 3.05) is 4.43 Å². The largest absolute Gasteiger partial charge is 0.489 e. The molecule has 0 amide bonds. The van der Waals surface area contributed by atoms with E-state index in [1.807, 2.05) is 6.07 Å². The molecule has 0 saturated heterocycles. The zero-order valence-corrected chi connectivity index (χ0v) is 19.2. The number of benzene rings is 2. The lowest BCUT2D eigenvalue weighted by Gasteiger charge is -2.49. The van der Waals surface area contributed by atoms with Gasteiger partial charge >= 0.3 is 0 Å². The van der Waals surface area contributed by atoms with Crippen molar-refractivity contribution in [3.8, 4) is 5.75 Å². The molecule has 2 fully saturated rings. The molecule has 0 aromatic heterocycles. The van der Waals surface area contributed by atoms with Gasteiger partial charge in [0.05, 0.1) is 0 Å². The molecule has 1 unspecified atom stereocenters. The average molecular weight is 500 g/mol. The molecule has 0 radical (unpaired) electrons. The van der Waals surface area contributed by atoms with Crippen LogP contribution in [0.4, 0.5) is 0 Å². The third-order valence-corrected chi connectivity index (χ3v) is 9.12. The molecule has 29 heavy (non-hydrogen) atoms. The molecular weight excluding hydrogens is 471 g/mol. The number of hydrogen-bond acceptors (Lipinski definition) is 2. The first-order chi connectivity index (χ1) is 14.1. The molecule has 2 saturated carbocycles. The van der Waals surface area contributed by atoms with Crippen LogP contribution in [0, 0.1) is 23.2 Å². The van der Waals surface area contributed by atoms with Gasteiger partial charge in [-0.25, -0.2) is 0 Å². The Kier molecular flexibility index (Phi) is 5.21. The van der Waals surface area contributed by atoms with E-state index in [1.54, 1.807) is 0 Å². The highest BCUT2D eigenvalue weighted by molar-refractivity contribution is 14.1. The number of ether oxygens (including phenoxy) is 1. The van der Waals surface area contributed by atoms with Gasteiger partial charge in [0.2, 0.25) is 0 Å². The second kappa shape index (κ2) is 7.72. The van der Waals surface area contributed by atoms with E-state index in [-0.39, 0.29) is 5.41 Å². The summed E-state index contributed by atoms with van der Waals surface area (Å²) in [6, 6.07) is 17.1. The van der Waals surface area contributed by atoms with Crippen LogP contribution in [0.2, 0.25) is 0 Å². The number of halogens is 1. The van der Waals surface area contributed by atoms with Gasteiger partial charge < -0.3 is 4.74 Å². The molecule has 2 aromatic carbocycles. The predicted molar refractivity (Wildman–Crippen MR) is 125 cm³/mol. The SMILES string of the molecule is C[C@]12CC[C@@H]3c4ccc(OCc5ccccc5)cc4CC[C@H]3[C@@H]1C(CI)CC2=O. The van der Waals surface area contributed by atoms with Crippen LogP contribution in [0.3, 0.4) is 0 Å². The Morgan fingerprint density at radius 1 is 1.14 bits per heavy atom. The molecule has 2 aromatic rings. The summed E-state index contributed by atoms with van der Waals surface area (Å²) < 4.78 is 7.20. The standard InChI is InChI=1S/C26H29IO2/c1-26-12-11-22-21-10-8-20(29-16-17-5-3-2-4-6-17)13-18(21)7-9-23(22)25(26)19(15-27)14-24(26)28/h2-6,8,10,13,19,22-23,25H,7,9,11-12,14-16H2,1H3/t19?,22-,23-,25+,26-/m1/s1. The fraction of sp³-hybridized carbons (Fsp3) is 0.500. The van der Waals surface area contributed by atoms with Crippen molar-refractivity contribution < 1.29 is 9.53 Å². The highest BCUT2D eigenvalue weighted by atomic mass is 127. The van der Waals surface area contributed by atoms with Gasteiger partial charge in [0.15, 0.2) is 0 Å². The fourth-order valence-electron chi connectivity index (χ4n) is 6.58. The minimum Gasteiger partial charge on any atom is -0.489 e. The number of carbonyl (C=O) groups excluding carboxylic acids is 1. The van der Waals surface area contributed by atoms with Crippen LogP contribution < -0.4 is 4.74 Å². The number of fused-ring (bicyclic) bond motifs is 5. The van der Waals surface area contributed by atoms with Gasteiger partial charge in [0.25, 0.3) is 0 Å². The third-order valence-electron chi connectivity index (χ3n) is 7.99. The summed E-state index contributed by atoms with van der Waals surface area (Å²) in [6.45, 7) is 2.89. The van der Waals surface area contributed by atoms with E-state index < -0.39 is 0 Å². The lowest BCUT2D eigenvalue weighted by atomic mass is 9.54. The Morgan fingerprint density at radius 2 is 1.97 bits per heavy atom. The van der Waals surface area contributed by atoms with Gasteiger partial charge in [-0.2, -0.15) is 0 Å². The Hall–Kier alpha value is -1.36. The smallest absolute Gasteiger partial charge is 0.139 e. The zero-order valence-electron chi connectivity index (χ0n) is 17.1. The van der Waals surface area contributed by atoms with Crippen LogP contribution in [0.15, 0.2) is 48.5 Å².